The van der Waals surface area contributed by atoms with Gasteiger partial charge in [0.05, 0.1) is 10.6 Å². The quantitative estimate of drug-likeness (QED) is 0.713. The van der Waals surface area contributed by atoms with E-state index in [4.69, 9.17) is 0 Å². The number of benzene rings is 1. The third-order valence-electron chi connectivity index (χ3n) is 1.76. The minimum Gasteiger partial charge on any atom is -0.280 e. The Kier molecular flexibility index (Phi) is 2.96. The molecule has 2 rings (SSSR count). The van der Waals surface area contributed by atoms with Gasteiger partial charge in [-0.3, -0.25) is 4.72 Å². The van der Waals surface area contributed by atoms with Crippen molar-refractivity contribution in [1.29, 1.82) is 0 Å². The summed E-state index contributed by atoms with van der Waals surface area (Å²) in [7, 11) is -3.30. The monoisotopic (exact) mass is 211 g/mol. The summed E-state index contributed by atoms with van der Waals surface area (Å²) < 4.78 is 24.9. The molecule has 1 aromatic carbocycles. The van der Waals surface area contributed by atoms with Crippen molar-refractivity contribution in [1.82, 2.24) is 4.72 Å². The second-order valence-electron chi connectivity index (χ2n) is 2.58. The SMILES string of the molecule is C=C1NS(=O)(=O)c2ccccc21.CC. The van der Waals surface area contributed by atoms with E-state index in [1.54, 1.807) is 24.3 Å². The normalized spacial score (nSPS) is 16.3. The molecule has 0 aliphatic carbocycles. The Labute approximate surface area is 84.5 Å². The molecule has 4 heteroatoms. The summed E-state index contributed by atoms with van der Waals surface area (Å²) in [5.74, 6) is 0. The predicted octanol–water partition coefficient (Wildman–Crippen LogP) is 1.98. The van der Waals surface area contributed by atoms with Crippen molar-refractivity contribution in [3.8, 4) is 0 Å². The van der Waals surface area contributed by atoms with Crippen LogP contribution in [0.15, 0.2) is 35.7 Å². The van der Waals surface area contributed by atoms with E-state index in [0.717, 1.165) is 0 Å². The van der Waals surface area contributed by atoms with Crippen molar-refractivity contribution in [2.45, 2.75) is 18.7 Å². The Hall–Kier alpha value is -1.29. The van der Waals surface area contributed by atoms with Gasteiger partial charge < -0.3 is 0 Å². The molecule has 0 atom stereocenters. The van der Waals surface area contributed by atoms with Crippen LogP contribution in [0.25, 0.3) is 5.70 Å². The zero-order chi connectivity index (χ0) is 10.8. The van der Waals surface area contributed by atoms with Gasteiger partial charge in [-0.25, -0.2) is 8.42 Å². The molecule has 0 spiro atoms. The van der Waals surface area contributed by atoms with Crippen LogP contribution in [0.2, 0.25) is 0 Å². The largest absolute Gasteiger partial charge is 0.280 e. The van der Waals surface area contributed by atoms with Gasteiger partial charge in [-0.05, 0) is 6.07 Å². The number of nitrogens with one attached hydrogen (secondary N) is 1. The van der Waals surface area contributed by atoms with Crippen LogP contribution in [0.5, 0.6) is 0 Å². The second kappa shape index (κ2) is 3.84. The lowest BCUT2D eigenvalue weighted by Gasteiger charge is -1.92. The molecule has 0 fully saturated rings. The summed E-state index contributed by atoms with van der Waals surface area (Å²) >= 11 is 0. The molecule has 0 saturated heterocycles. The van der Waals surface area contributed by atoms with Gasteiger partial charge in [0.25, 0.3) is 10.0 Å². The summed E-state index contributed by atoms with van der Waals surface area (Å²) in [6.07, 6.45) is 0. The summed E-state index contributed by atoms with van der Waals surface area (Å²) in [5, 5.41) is 0. The van der Waals surface area contributed by atoms with Crippen molar-refractivity contribution >= 4 is 15.7 Å². The van der Waals surface area contributed by atoms with E-state index < -0.39 is 10.0 Å². The molecule has 0 aromatic heterocycles. The van der Waals surface area contributed by atoms with Crippen LogP contribution < -0.4 is 4.72 Å². The van der Waals surface area contributed by atoms with Crippen molar-refractivity contribution in [2.75, 3.05) is 0 Å². The van der Waals surface area contributed by atoms with Crippen LogP contribution in [-0.2, 0) is 10.0 Å². The van der Waals surface area contributed by atoms with Crippen molar-refractivity contribution < 1.29 is 8.42 Å². The molecule has 1 N–H and O–H groups in total. The lowest BCUT2D eigenvalue weighted by atomic mass is 10.2. The number of sulfonamides is 1. The summed E-state index contributed by atoms with van der Waals surface area (Å²) in [6.45, 7) is 7.60. The van der Waals surface area contributed by atoms with Gasteiger partial charge in [0.1, 0.15) is 0 Å². The molecule has 1 heterocycles. The van der Waals surface area contributed by atoms with E-state index >= 15 is 0 Å². The fraction of sp³-hybridized carbons (Fsp3) is 0.200. The minimum absolute atomic E-state index is 0.315. The van der Waals surface area contributed by atoms with Crippen molar-refractivity contribution in [3.63, 3.8) is 0 Å². The molecule has 3 nitrogen and oxygen atoms in total. The number of fused-ring (bicyclic) bond motifs is 1. The molecule has 0 unspecified atom stereocenters. The van der Waals surface area contributed by atoms with E-state index in [0.29, 0.717) is 16.2 Å². The maximum absolute atomic E-state index is 11.3. The first-order chi connectivity index (χ1) is 6.61. The zero-order valence-corrected chi connectivity index (χ0v) is 9.06. The van der Waals surface area contributed by atoms with Gasteiger partial charge in [0.2, 0.25) is 0 Å². The summed E-state index contributed by atoms with van der Waals surface area (Å²) in [6, 6.07) is 6.77. The molecule has 0 saturated carbocycles. The smallest absolute Gasteiger partial charge is 0.262 e. The Morgan fingerprint density at radius 3 is 2.36 bits per heavy atom. The Bertz CT molecular complexity index is 449. The van der Waals surface area contributed by atoms with Gasteiger partial charge >= 0.3 is 0 Å². The average molecular weight is 211 g/mol. The number of rotatable bonds is 0. The highest BCUT2D eigenvalue weighted by atomic mass is 32.2. The van der Waals surface area contributed by atoms with E-state index in [9.17, 15) is 8.42 Å². The van der Waals surface area contributed by atoms with E-state index in [2.05, 4.69) is 11.3 Å². The lowest BCUT2D eigenvalue weighted by molar-refractivity contribution is 0.594. The van der Waals surface area contributed by atoms with Gasteiger partial charge in [-0.15, -0.1) is 0 Å². The zero-order valence-electron chi connectivity index (χ0n) is 8.24. The molecule has 1 aliphatic rings. The Morgan fingerprint density at radius 2 is 1.79 bits per heavy atom. The van der Waals surface area contributed by atoms with Gasteiger partial charge in [0, 0.05) is 5.56 Å². The third-order valence-corrected chi connectivity index (χ3v) is 3.21. The van der Waals surface area contributed by atoms with Crippen molar-refractivity contribution in [2.24, 2.45) is 0 Å². The molecule has 0 amide bonds. The van der Waals surface area contributed by atoms with Gasteiger partial charge in [-0.2, -0.15) is 0 Å². The van der Waals surface area contributed by atoms with Gasteiger partial charge in [-0.1, -0.05) is 38.6 Å². The predicted molar refractivity (Wildman–Crippen MR) is 57.1 cm³/mol. The second-order valence-corrected chi connectivity index (χ2v) is 4.23. The summed E-state index contributed by atoms with van der Waals surface area (Å²) in [5.41, 5.74) is 1.11. The van der Waals surface area contributed by atoms with Crippen LogP contribution in [0.1, 0.15) is 19.4 Å². The molecule has 76 valence electrons. The highest BCUT2D eigenvalue weighted by Crippen LogP contribution is 2.27. The van der Waals surface area contributed by atoms with Crippen LogP contribution in [0.3, 0.4) is 0 Å². The molecule has 14 heavy (non-hydrogen) atoms. The van der Waals surface area contributed by atoms with Crippen LogP contribution in [0, 0.1) is 0 Å². The fourth-order valence-electron chi connectivity index (χ4n) is 1.22. The van der Waals surface area contributed by atoms with Crippen LogP contribution in [-0.4, -0.2) is 8.42 Å². The standard InChI is InChI=1S/C8H7NO2S.C2H6/c1-6-7-4-2-3-5-8(7)12(10,11)9-6;1-2/h2-5,9H,1H2;1-2H3. The molecule has 1 aliphatic heterocycles. The molecular weight excluding hydrogens is 198 g/mol. The third kappa shape index (κ3) is 1.65. The van der Waals surface area contributed by atoms with E-state index in [-0.39, 0.29) is 0 Å². The number of hydrogen-bond donors (Lipinski definition) is 1. The Morgan fingerprint density at radius 1 is 1.21 bits per heavy atom. The maximum atomic E-state index is 11.3. The lowest BCUT2D eigenvalue weighted by Crippen LogP contribution is -2.12. The highest BCUT2D eigenvalue weighted by molar-refractivity contribution is 7.90. The first-order valence-electron chi connectivity index (χ1n) is 4.42. The Balaban J connectivity index is 0.000000461. The molecule has 0 radical (unpaired) electrons. The maximum Gasteiger partial charge on any atom is 0.262 e. The van der Waals surface area contributed by atoms with Crippen molar-refractivity contribution in [3.05, 3.63) is 36.4 Å². The van der Waals surface area contributed by atoms with E-state index in [1.807, 2.05) is 13.8 Å². The van der Waals surface area contributed by atoms with Crippen LogP contribution in [0.4, 0.5) is 0 Å². The highest BCUT2D eigenvalue weighted by Gasteiger charge is 2.27. The summed E-state index contributed by atoms with van der Waals surface area (Å²) in [4.78, 5) is 0.315. The molecule has 1 aromatic rings. The van der Waals surface area contributed by atoms with Crippen LogP contribution >= 0.6 is 0 Å². The van der Waals surface area contributed by atoms with Gasteiger partial charge in [0.15, 0.2) is 0 Å². The number of hydrogen-bond acceptors (Lipinski definition) is 2. The first-order valence-corrected chi connectivity index (χ1v) is 5.91. The first kappa shape index (κ1) is 10.8. The minimum atomic E-state index is -3.30. The topological polar surface area (TPSA) is 46.2 Å². The fourth-order valence-corrected chi connectivity index (χ4v) is 2.51. The average Bonchev–Trinajstić information content (AvgIpc) is 2.42. The molecule has 0 bridgehead atoms. The van der Waals surface area contributed by atoms with E-state index in [1.165, 1.54) is 0 Å². The molecular formula is C10H13NO2S.